The smallest absolute Gasteiger partial charge is 0.345 e. The van der Waals surface area contributed by atoms with Crippen LogP contribution in [0.15, 0.2) is 40.0 Å². The largest absolute Gasteiger partial charge is 0.431 e. The van der Waals surface area contributed by atoms with Gasteiger partial charge in [0.05, 0.1) is 6.04 Å². The molecule has 2 heterocycles. The summed E-state index contributed by atoms with van der Waals surface area (Å²) in [5, 5.41) is 2.76. The number of fused-ring (bicyclic) bond motifs is 1. The number of amides is 1. The van der Waals surface area contributed by atoms with Crippen molar-refractivity contribution < 1.29 is 18.0 Å². The Morgan fingerprint density at radius 1 is 1.28 bits per heavy atom. The SMILES string of the molecule is Cc1ccc2c(c1)SCCC2NC(=O)c1ccc(C(F)(F)F)[nH]c1=O. The predicted octanol–water partition coefficient (Wildman–Crippen LogP) is 3.67. The van der Waals surface area contributed by atoms with Gasteiger partial charge in [-0.3, -0.25) is 9.59 Å². The molecule has 25 heavy (non-hydrogen) atoms. The molecule has 132 valence electrons. The van der Waals surface area contributed by atoms with E-state index in [1.807, 2.05) is 25.1 Å². The average molecular weight is 368 g/mol. The third-order valence-corrected chi connectivity index (χ3v) is 5.08. The van der Waals surface area contributed by atoms with Crippen molar-refractivity contribution in [3.63, 3.8) is 0 Å². The molecule has 0 saturated heterocycles. The van der Waals surface area contributed by atoms with E-state index in [4.69, 9.17) is 0 Å². The lowest BCUT2D eigenvalue weighted by Crippen LogP contribution is -2.34. The number of hydrogen-bond donors (Lipinski definition) is 2. The molecule has 1 aliphatic rings. The second kappa shape index (κ2) is 6.59. The number of aromatic nitrogens is 1. The number of carbonyl (C=O) groups is 1. The number of pyridine rings is 1. The van der Waals surface area contributed by atoms with Gasteiger partial charge in [0, 0.05) is 10.6 Å². The first kappa shape index (κ1) is 17.6. The van der Waals surface area contributed by atoms with Crippen LogP contribution in [-0.2, 0) is 6.18 Å². The van der Waals surface area contributed by atoms with Crippen LogP contribution in [0.3, 0.4) is 0 Å². The third-order valence-electron chi connectivity index (χ3n) is 3.97. The number of benzene rings is 1. The number of carbonyl (C=O) groups excluding carboxylic acids is 1. The maximum atomic E-state index is 12.6. The van der Waals surface area contributed by atoms with E-state index >= 15 is 0 Å². The van der Waals surface area contributed by atoms with Crippen LogP contribution in [0.1, 0.15) is 39.6 Å². The molecular formula is C17H15F3N2O2S. The van der Waals surface area contributed by atoms with Gasteiger partial charge in [-0.25, -0.2) is 0 Å². The molecule has 0 spiro atoms. The van der Waals surface area contributed by atoms with Crippen molar-refractivity contribution in [1.82, 2.24) is 10.3 Å². The highest BCUT2D eigenvalue weighted by Crippen LogP contribution is 2.36. The zero-order valence-electron chi connectivity index (χ0n) is 13.2. The Balaban J connectivity index is 1.84. The number of H-pyrrole nitrogens is 1. The van der Waals surface area contributed by atoms with Gasteiger partial charge in [0.25, 0.3) is 11.5 Å². The van der Waals surface area contributed by atoms with Crippen molar-refractivity contribution in [3.05, 3.63) is 63.1 Å². The Morgan fingerprint density at radius 3 is 2.72 bits per heavy atom. The fourth-order valence-electron chi connectivity index (χ4n) is 2.70. The van der Waals surface area contributed by atoms with E-state index in [0.717, 1.165) is 27.8 Å². The van der Waals surface area contributed by atoms with Gasteiger partial charge in [0.2, 0.25) is 0 Å². The number of aryl methyl sites for hydroxylation is 1. The minimum atomic E-state index is -4.66. The first-order chi connectivity index (χ1) is 11.8. The Labute approximate surface area is 145 Å². The van der Waals surface area contributed by atoms with Gasteiger partial charge in [0.1, 0.15) is 11.3 Å². The molecule has 2 aromatic rings. The topological polar surface area (TPSA) is 62.0 Å². The number of alkyl halides is 3. The molecule has 1 amide bonds. The molecule has 0 fully saturated rings. The normalized spacial score (nSPS) is 17.0. The molecule has 0 bridgehead atoms. The molecule has 0 radical (unpaired) electrons. The Hall–Kier alpha value is -2.22. The van der Waals surface area contributed by atoms with Crippen molar-refractivity contribution in [1.29, 1.82) is 0 Å². The molecule has 4 nitrogen and oxygen atoms in total. The summed E-state index contributed by atoms with van der Waals surface area (Å²) in [5.74, 6) is 0.128. The monoisotopic (exact) mass is 368 g/mol. The first-order valence-electron chi connectivity index (χ1n) is 7.60. The minimum absolute atomic E-state index is 0.272. The van der Waals surface area contributed by atoms with Gasteiger partial charge >= 0.3 is 6.18 Å². The molecule has 1 atom stereocenters. The molecule has 1 unspecified atom stereocenters. The molecule has 2 N–H and O–H groups in total. The number of hydrogen-bond acceptors (Lipinski definition) is 3. The second-order valence-electron chi connectivity index (χ2n) is 5.82. The van der Waals surface area contributed by atoms with E-state index in [9.17, 15) is 22.8 Å². The maximum absolute atomic E-state index is 12.6. The van der Waals surface area contributed by atoms with E-state index in [1.165, 1.54) is 0 Å². The summed E-state index contributed by atoms with van der Waals surface area (Å²) >= 11 is 1.69. The predicted molar refractivity (Wildman–Crippen MR) is 88.8 cm³/mol. The fourth-order valence-corrected chi connectivity index (χ4v) is 3.92. The Kier molecular flexibility index (Phi) is 4.64. The standard InChI is InChI=1S/C17H15F3N2O2S/c1-9-2-3-10-12(6-7-25-13(10)8-9)21-15(23)11-4-5-14(17(18,19)20)22-16(11)24/h2-5,8,12H,6-7H2,1H3,(H,21,23)(H,22,24). The minimum Gasteiger partial charge on any atom is -0.345 e. The summed E-state index contributed by atoms with van der Waals surface area (Å²) in [4.78, 5) is 27.0. The van der Waals surface area contributed by atoms with Crippen molar-refractivity contribution in [3.8, 4) is 0 Å². The lowest BCUT2D eigenvalue weighted by atomic mass is 10.0. The number of nitrogens with one attached hydrogen (secondary N) is 2. The number of rotatable bonds is 2. The molecule has 0 saturated carbocycles. The maximum Gasteiger partial charge on any atom is 0.431 e. The highest BCUT2D eigenvalue weighted by molar-refractivity contribution is 7.99. The van der Waals surface area contributed by atoms with Crippen LogP contribution in [-0.4, -0.2) is 16.6 Å². The molecule has 3 rings (SSSR count). The van der Waals surface area contributed by atoms with Crippen LogP contribution in [0.4, 0.5) is 13.2 Å². The molecule has 8 heteroatoms. The molecular weight excluding hydrogens is 353 g/mol. The van der Waals surface area contributed by atoms with Crippen molar-refractivity contribution >= 4 is 17.7 Å². The zero-order chi connectivity index (χ0) is 18.2. The summed E-state index contributed by atoms with van der Waals surface area (Å²) < 4.78 is 37.8. The van der Waals surface area contributed by atoms with Crippen LogP contribution < -0.4 is 10.9 Å². The number of thioether (sulfide) groups is 1. The van der Waals surface area contributed by atoms with Crippen LogP contribution in [0.25, 0.3) is 0 Å². The summed E-state index contributed by atoms with van der Waals surface area (Å²) in [7, 11) is 0. The van der Waals surface area contributed by atoms with Crippen molar-refractivity contribution in [2.45, 2.75) is 30.5 Å². The average Bonchev–Trinajstić information content (AvgIpc) is 2.53. The highest BCUT2D eigenvalue weighted by atomic mass is 32.2. The van der Waals surface area contributed by atoms with Crippen molar-refractivity contribution in [2.24, 2.45) is 0 Å². The summed E-state index contributed by atoms with van der Waals surface area (Å²) in [6, 6.07) is 7.23. The van der Waals surface area contributed by atoms with Crippen molar-refractivity contribution in [2.75, 3.05) is 5.75 Å². The van der Waals surface area contributed by atoms with Crippen LogP contribution in [0.2, 0.25) is 0 Å². The third kappa shape index (κ3) is 3.73. The van der Waals surface area contributed by atoms with E-state index < -0.39 is 23.3 Å². The van der Waals surface area contributed by atoms with Gasteiger partial charge in [-0.1, -0.05) is 12.1 Å². The molecule has 1 aromatic carbocycles. The van der Waals surface area contributed by atoms with E-state index in [2.05, 4.69) is 5.32 Å². The van der Waals surface area contributed by atoms with E-state index in [0.29, 0.717) is 12.5 Å². The van der Waals surface area contributed by atoms with E-state index in [1.54, 1.807) is 16.7 Å². The van der Waals surface area contributed by atoms with Gasteiger partial charge in [-0.2, -0.15) is 13.2 Å². The Morgan fingerprint density at radius 2 is 2.04 bits per heavy atom. The van der Waals surface area contributed by atoms with Gasteiger partial charge in [0.15, 0.2) is 0 Å². The lowest BCUT2D eigenvalue weighted by molar-refractivity contribution is -0.141. The molecule has 1 aliphatic heterocycles. The quantitative estimate of drug-likeness (QED) is 0.850. The molecule has 0 aliphatic carbocycles. The fraction of sp³-hybridized carbons (Fsp3) is 0.294. The highest BCUT2D eigenvalue weighted by Gasteiger charge is 2.32. The first-order valence-corrected chi connectivity index (χ1v) is 8.59. The van der Waals surface area contributed by atoms with Crippen LogP contribution in [0, 0.1) is 6.92 Å². The van der Waals surface area contributed by atoms with Gasteiger partial charge in [-0.05, 0) is 42.7 Å². The zero-order valence-corrected chi connectivity index (χ0v) is 14.1. The lowest BCUT2D eigenvalue weighted by Gasteiger charge is -2.26. The second-order valence-corrected chi connectivity index (χ2v) is 6.95. The summed E-state index contributed by atoms with van der Waals surface area (Å²) in [5.41, 5.74) is -0.499. The molecule has 1 aromatic heterocycles. The summed E-state index contributed by atoms with van der Waals surface area (Å²) in [6.45, 7) is 1.98. The van der Waals surface area contributed by atoms with E-state index in [-0.39, 0.29) is 11.6 Å². The Bertz CT molecular complexity index is 877. The van der Waals surface area contributed by atoms with Gasteiger partial charge in [-0.15, -0.1) is 11.8 Å². The number of aromatic amines is 1. The van der Waals surface area contributed by atoms with Crippen LogP contribution >= 0.6 is 11.8 Å². The van der Waals surface area contributed by atoms with Crippen LogP contribution in [0.5, 0.6) is 0 Å². The van der Waals surface area contributed by atoms with Gasteiger partial charge < -0.3 is 10.3 Å². The summed E-state index contributed by atoms with van der Waals surface area (Å²) in [6.07, 6.45) is -3.98. The number of halogens is 3.